The first-order valence-electron chi connectivity index (χ1n) is 11.4. The first kappa shape index (κ1) is 25.1. The fourth-order valence-corrected chi connectivity index (χ4v) is 3.65. The van der Waals surface area contributed by atoms with E-state index in [0.717, 1.165) is 17.7 Å². The highest BCUT2D eigenvalue weighted by Crippen LogP contribution is 2.38. The fraction of sp³-hybridized carbons (Fsp3) is 0.407. The molecule has 1 aliphatic rings. The smallest absolute Gasteiger partial charge is 0.248 e. The summed E-state index contributed by atoms with van der Waals surface area (Å²) in [6.45, 7) is 8.96. The second kappa shape index (κ2) is 10.6. The Labute approximate surface area is 201 Å². The van der Waals surface area contributed by atoms with Crippen LogP contribution in [0.5, 0.6) is 17.2 Å². The number of carbonyl (C=O) groups is 2. The molecule has 0 spiro atoms. The molecular weight excluding hydrogens is 432 g/mol. The van der Waals surface area contributed by atoms with Crippen molar-refractivity contribution < 1.29 is 23.8 Å². The number of hydrogen-bond donors (Lipinski definition) is 1. The molecule has 0 aromatic heterocycles. The predicted molar refractivity (Wildman–Crippen MR) is 135 cm³/mol. The minimum absolute atomic E-state index is 0.0431. The van der Waals surface area contributed by atoms with E-state index < -0.39 is 5.41 Å². The molecule has 0 saturated carbocycles. The Morgan fingerprint density at radius 3 is 2.56 bits per heavy atom. The zero-order valence-electron chi connectivity index (χ0n) is 20.8. The predicted octanol–water partition coefficient (Wildman–Crippen LogP) is 5.15. The molecule has 0 atom stereocenters. The Morgan fingerprint density at radius 2 is 1.88 bits per heavy atom. The van der Waals surface area contributed by atoms with Crippen molar-refractivity contribution in [3.05, 3.63) is 48.0 Å². The van der Waals surface area contributed by atoms with Crippen LogP contribution in [0.4, 0.5) is 11.4 Å². The van der Waals surface area contributed by atoms with Crippen LogP contribution in [0.15, 0.2) is 42.5 Å². The molecule has 7 heteroatoms. The zero-order valence-corrected chi connectivity index (χ0v) is 20.8. The summed E-state index contributed by atoms with van der Waals surface area (Å²) in [6.07, 6.45) is 4.04. The Morgan fingerprint density at radius 1 is 1.15 bits per heavy atom. The van der Waals surface area contributed by atoms with Crippen LogP contribution in [-0.4, -0.2) is 39.2 Å². The number of carbonyl (C=O) groups excluding carboxylic acids is 2. The van der Waals surface area contributed by atoms with Crippen LogP contribution >= 0.6 is 0 Å². The lowest BCUT2D eigenvalue weighted by atomic mass is 9.92. The second-order valence-corrected chi connectivity index (χ2v) is 9.43. The molecule has 2 aromatic carbocycles. The largest absolute Gasteiger partial charge is 0.493 e. The third kappa shape index (κ3) is 5.90. The van der Waals surface area contributed by atoms with E-state index in [4.69, 9.17) is 14.2 Å². The van der Waals surface area contributed by atoms with Gasteiger partial charge in [0.1, 0.15) is 12.4 Å². The molecular formula is C27H34N2O5. The number of rotatable bonds is 8. The first-order chi connectivity index (χ1) is 16.1. The Balaban J connectivity index is 1.77. The molecule has 0 bridgehead atoms. The van der Waals surface area contributed by atoms with Gasteiger partial charge in [-0.25, -0.2) is 0 Å². The van der Waals surface area contributed by atoms with Gasteiger partial charge in [-0.3, -0.25) is 9.59 Å². The van der Waals surface area contributed by atoms with Gasteiger partial charge in [0.2, 0.25) is 11.8 Å². The fourth-order valence-electron chi connectivity index (χ4n) is 3.65. The molecule has 2 aromatic rings. The number of ether oxygens (including phenoxy) is 3. The molecule has 0 aliphatic carbocycles. The zero-order chi connectivity index (χ0) is 24.9. The molecule has 0 radical (unpaired) electrons. The van der Waals surface area contributed by atoms with Crippen LogP contribution in [0.1, 0.15) is 39.7 Å². The van der Waals surface area contributed by atoms with Crippen LogP contribution in [0.3, 0.4) is 0 Å². The van der Waals surface area contributed by atoms with E-state index in [1.807, 2.05) is 30.9 Å². The molecule has 2 amide bonds. The van der Waals surface area contributed by atoms with E-state index in [9.17, 15) is 9.59 Å². The Bertz CT molecular complexity index is 1070. The van der Waals surface area contributed by atoms with Gasteiger partial charge in [-0.1, -0.05) is 19.9 Å². The summed E-state index contributed by atoms with van der Waals surface area (Å²) in [5.74, 6) is 2.03. The minimum atomic E-state index is -0.637. The molecule has 1 N–H and O–H groups in total. The van der Waals surface area contributed by atoms with E-state index in [0.29, 0.717) is 35.4 Å². The van der Waals surface area contributed by atoms with Gasteiger partial charge < -0.3 is 24.4 Å². The summed E-state index contributed by atoms with van der Waals surface area (Å²) in [7, 11) is 3.14. The highest BCUT2D eigenvalue weighted by molar-refractivity contribution is 6.03. The van der Waals surface area contributed by atoms with Gasteiger partial charge in [-0.15, -0.1) is 0 Å². The summed E-state index contributed by atoms with van der Waals surface area (Å²) >= 11 is 0. The summed E-state index contributed by atoms with van der Waals surface area (Å²) in [6, 6.07) is 10.8. The van der Waals surface area contributed by atoms with Gasteiger partial charge in [0.05, 0.1) is 25.3 Å². The van der Waals surface area contributed by atoms with Crippen LogP contribution < -0.4 is 24.4 Å². The van der Waals surface area contributed by atoms with Crippen molar-refractivity contribution in [1.82, 2.24) is 0 Å². The average molecular weight is 467 g/mol. The number of amides is 2. The van der Waals surface area contributed by atoms with Crippen molar-refractivity contribution >= 4 is 29.3 Å². The van der Waals surface area contributed by atoms with Crippen LogP contribution in [-0.2, 0) is 9.59 Å². The lowest BCUT2D eigenvalue weighted by Gasteiger charge is -2.28. The number of fused-ring (bicyclic) bond motifs is 1. The SMILES string of the molecule is COc1ccc(/C=C/C(=O)Nc2ccc3c(c2)OCC(C)(C)C(=O)N3CCC(C)C)cc1OC. The lowest BCUT2D eigenvalue weighted by molar-refractivity contribution is -0.127. The third-order valence-corrected chi connectivity index (χ3v) is 5.70. The molecule has 7 nitrogen and oxygen atoms in total. The van der Waals surface area contributed by atoms with E-state index in [1.165, 1.54) is 6.08 Å². The number of methoxy groups -OCH3 is 2. The maximum Gasteiger partial charge on any atom is 0.248 e. The standard InChI is InChI=1S/C27H34N2O5/c1-18(2)13-14-29-21-10-9-20(16-23(21)34-17-27(3,4)26(29)31)28-25(30)12-8-19-7-11-22(32-5)24(15-19)33-6/h7-12,15-16,18H,13-14,17H2,1-6H3,(H,28,30)/b12-8+. The van der Waals surface area contributed by atoms with E-state index in [1.54, 1.807) is 44.6 Å². The highest BCUT2D eigenvalue weighted by atomic mass is 16.5. The van der Waals surface area contributed by atoms with Gasteiger partial charge >= 0.3 is 0 Å². The van der Waals surface area contributed by atoms with Gasteiger partial charge in [-0.2, -0.15) is 0 Å². The molecule has 1 heterocycles. The molecule has 3 rings (SSSR count). The lowest BCUT2D eigenvalue weighted by Crippen LogP contribution is -2.42. The molecule has 0 saturated heterocycles. The number of nitrogens with zero attached hydrogens (tertiary/aromatic N) is 1. The van der Waals surface area contributed by atoms with Crippen molar-refractivity contribution in [2.24, 2.45) is 11.3 Å². The number of hydrogen-bond acceptors (Lipinski definition) is 5. The van der Waals surface area contributed by atoms with Gasteiger partial charge in [0, 0.05) is 24.4 Å². The van der Waals surface area contributed by atoms with E-state index in [2.05, 4.69) is 19.2 Å². The number of anilines is 2. The minimum Gasteiger partial charge on any atom is -0.493 e. The summed E-state index contributed by atoms with van der Waals surface area (Å²) in [5.41, 5.74) is 1.49. The van der Waals surface area contributed by atoms with Crippen molar-refractivity contribution in [2.45, 2.75) is 34.1 Å². The highest BCUT2D eigenvalue weighted by Gasteiger charge is 2.37. The van der Waals surface area contributed by atoms with Gasteiger partial charge in [-0.05, 0) is 62.1 Å². The van der Waals surface area contributed by atoms with Crippen LogP contribution in [0.2, 0.25) is 0 Å². The monoisotopic (exact) mass is 466 g/mol. The van der Waals surface area contributed by atoms with Crippen LogP contribution in [0, 0.1) is 11.3 Å². The van der Waals surface area contributed by atoms with Gasteiger partial charge in [0.25, 0.3) is 0 Å². The Kier molecular flexibility index (Phi) is 7.87. The second-order valence-electron chi connectivity index (χ2n) is 9.43. The van der Waals surface area contributed by atoms with Crippen molar-refractivity contribution in [1.29, 1.82) is 0 Å². The average Bonchev–Trinajstić information content (AvgIpc) is 2.90. The summed E-state index contributed by atoms with van der Waals surface area (Å²) in [5, 5.41) is 2.87. The molecule has 34 heavy (non-hydrogen) atoms. The van der Waals surface area contributed by atoms with E-state index >= 15 is 0 Å². The first-order valence-corrected chi connectivity index (χ1v) is 11.4. The normalized spacial score (nSPS) is 15.0. The number of nitrogens with one attached hydrogen (secondary N) is 1. The van der Waals surface area contributed by atoms with E-state index in [-0.39, 0.29) is 18.4 Å². The topological polar surface area (TPSA) is 77.1 Å². The number of benzene rings is 2. The maximum atomic E-state index is 13.2. The molecule has 0 fully saturated rings. The van der Waals surface area contributed by atoms with Crippen molar-refractivity contribution in [2.75, 3.05) is 37.6 Å². The van der Waals surface area contributed by atoms with Crippen molar-refractivity contribution in [3.63, 3.8) is 0 Å². The molecule has 1 aliphatic heterocycles. The summed E-state index contributed by atoms with van der Waals surface area (Å²) in [4.78, 5) is 27.5. The summed E-state index contributed by atoms with van der Waals surface area (Å²) < 4.78 is 16.6. The molecule has 182 valence electrons. The molecule has 0 unspecified atom stereocenters. The quantitative estimate of drug-likeness (QED) is 0.544. The Hall–Kier alpha value is -3.48. The van der Waals surface area contributed by atoms with Crippen molar-refractivity contribution in [3.8, 4) is 17.2 Å². The van der Waals surface area contributed by atoms with Gasteiger partial charge in [0.15, 0.2) is 11.5 Å². The van der Waals surface area contributed by atoms with Crippen LogP contribution in [0.25, 0.3) is 6.08 Å². The maximum absolute atomic E-state index is 13.2. The third-order valence-electron chi connectivity index (χ3n) is 5.70.